The Kier molecular flexibility index (Phi) is 10.6. The van der Waals surface area contributed by atoms with E-state index in [-0.39, 0.29) is 18.2 Å². The maximum Gasteiger partial charge on any atom is 0.0905 e. The van der Waals surface area contributed by atoms with Crippen LogP contribution in [0.1, 0.15) is 19.3 Å². The van der Waals surface area contributed by atoms with E-state index in [1.807, 2.05) is 0 Å². The third kappa shape index (κ3) is 11.6. The molecule has 2 nitrogen and oxygen atoms in total. The normalized spacial score (nSPS) is 8.11. The summed E-state index contributed by atoms with van der Waals surface area (Å²) in [5, 5.41) is 6.81. The van der Waals surface area contributed by atoms with Gasteiger partial charge >= 0.3 is 0 Å². The Balaban J connectivity index is 0. The monoisotopic (exact) mass is 170 g/mol. The van der Waals surface area contributed by atoms with Gasteiger partial charge in [-0.3, -0.25) is 5.41 Å². The molecule has 0 aliphatic heterocycles. The molecular formula is C5H12Cl2N2. The molecule has 0 spiro atoms. The van der Waals surface area contributed by atoms with Crippen LogP contribution in [0.5, 0.6) is 0 Å². The average molecular weight is 171 g/mol. The molecule has 0 radical (unpaired) electrons. The third-order valence-corrected chi connectivity index (χ3v) is 1.10. The molecule has 0 aromatic rings. The lowest BCUT2D eigenvalue weighted by Gasteiger charge is -1.92. The number of rotatable bonds is 4. The van der Waals surface area contributed by atoms with Crippen LogP contribution in [0.2, 0.25) is 0 Å². The second-order valence-corrected chi connectivity index (χ2v) is 2.05. The van der Waals surface area contributed by atoms with Gasteiger partial charge < -0.3 is 5.73 Å². The van der Waals surface area contributed by atoms with Crippen LogP contribution in [0.4, 0.5) is 0 Å². The van der Waals surface area contributed by atoms with Gasteiger partial charge in [-0.2, -0.15) is 0 Å². The van der Waals surface area contributed by atoms with Gasteiger partial charge in [0.2, 0.25) is 0 Å². The van der Waals surface area contributed by atoms with Crippen LogP contribution in [-0.4, -0.2) is 11.7 Å². The number of hydrogen-bond donors (Lipinski definition) is 2. The maximum atomic E-state index is 6.81. The molecule has 0 aromatic carbocycles. The highest BCUT2D eigenvalue weighted by atomic mass is 35.5. The number of hydrogen-bond acceptors (Lipinski definition) is 1. The van der Waals surface area contributed by atoms with Crippen molar-refractivity contribution in [3.8, 4) is 0 Å². The van der Waals surface area contributed by atoms with Gasteiger partial charge in [0.1, 0.15) is 0 Å². The number of unbranched alkanes of at least 4 members (excludes halogenated alkanes) is 1. The Bertz CT molecular complexity index is 75.4. The first-order chi connectivity index (χ1) is 3.77. The van der Waals surface area contributed by atoms with E-state index in [9.17, 15) is 0 Å². The predicted molar refractivity (Wildman–Crippen MR) is 43.7 cm³/mol. The predicted octanol–water partition coefficient (Wildman–Crippen LogP) is 1.75. The van der Waals surface area contributed by atoms with Crippen molar-refractivity contribution in [1.29, 1.82) is 5.41 Å². The van der Waals surface area contributed by atoms with Crippen LogP contribution in [0, 0.1) is 5.41 Å². The van der Waals surface area contributed by atoms with E-state index in [0.717, 1.165) is 12.8 Å². The van der Waals surface area contributed by atoms with Crippen LogP contribution in [0.25, 0.3) is 0 Å². The Morgan fingerprint density at radius 3 is 2.33 bits per heavy atom. The molecule has 0 atom stereocenters. The first-order valence-corrected chi connectivity index (χ1v) is 3.19. The van der Waals surface area contributed by atoms with E-state index in [0.29, 0.717) is 12.3 Å². The van der Waals surface area contributed by atoms with Gasteiger partial charge in [0.05, 0.1) is 5.84 Å². The fourth-order valence-corrected chi connectivity index (χ4v) is 0.599. The number of nitrogens with two attached hydrogens (primary N) is 1. The summed E-state index contributed by atoms with van der Waals surface area (Å²) >= 11 is 5.37. The molecule has 0 rings (SSSR count). The smallest absolute Gasteiger partial charge is 0.0905 e. The van der Waals surface area contributed by atoms with Gasteiger partial charge in [-0.1, -0.05) is 0 Å². The SMILES string of the molecule is Cl.N=C(N)CCCCCl. The molecule has 0 aliphatic rings. The van der Waals surface area contributed by atoms with Crippen molar-refractivity contribution in [2.24, 2.45) is 5.73 Å². The molecule has 0 fully saturated rings. The second kappa shape index (κ2) is 8.05. The quantitative estimate of drug-likeness (QED) is 0.288. The summed E-state index contributed by atoms with van der Waals surface area (Å²) in [5.74, 6) is 0.933. The minimum Gasteiger partial charge on any atom is -0.388 e. The van der Waals surface area contributed by atoms with E-state index in [2.05, 4.69) is 0 Å². The highest BCUT2D eigenvalue weighted by Crippen LogP contribution is 1.95. The van der Waals surface area contributed by atoms with Gasteiger partial charge in [-0.05, 0) is 12.8 Å². The lowest BCUT2D eigenvalue weighted by molar-refractivity contribution is 0.834. The fourth-order valence-electron chi connectivity index (χ4n) is 0.410. The van der Waals surface area contributed by atoms with Gasteiger partial charge in [0, 0.05) is 12.3 Å². The first-order valence-electron chi connectivity index (χ1n) is 2.66. The lowest BCUT2D eigenvalue weighted by atomic mass is 10.2. The summed E-state index contributed by atoms with van der Waals surface area (Å²) in [7, 11) is 0. The van der Waals surface area contributed by atoms with Crippen LogP contribution < -0.4 is 5.73 Å². The average Bonchev–Trinajstić information content (AvgIpc) is 1.66. The van der Waals surface area contributed by atoms with Crippen molar-refractivity contribution in [3.63, 3.8) is 0 Å². The largest absolute Gasteiger partial charge is 0.388 e. The fraction of sp³-hybridized carbons (Fsp3) is 0.800. The van der Waals surface area contributed by atoms with E-state index < -0.39 is 0 Å². The molecule has 3 N–H and O–H groups in total. The van der Waals surface area contributed by atoms with Crippen LogP contribution in [0.3, 0.4) is 0 Å². The molecule has 0 heterocycles. The van der Waals surface area contributed by atoms with Gasteiger partial charge in [0.15, 0.2) is 0 Å². The second-order valence-electron chi connectivity index (χ2n) is 1.67. The Morgan fingerprint density at radius 2 is 2.00 bits per heavy atom. The Labute approximate surface area is 66.7 Å². The summed E-state index contributed by atoms with van der Waals surface area (Å²) < 4.78 is 0. The molecule has 4 heteroatoms. The van der Waals surface area contributed by atoms with E-state index in [1.165, 1.54) is 0 Å². The Hall–Kier alpha value is 0.0500. The third-order valence-electron chi connectivity index (χ3n) is 0.830. The van der Waals surface area contributed by atoms with Crippen molar-refractivity contribution < 1.29 is 0 Å². The zero-order valence-electron chi connectivity index (χ0n) is 5.19. The first kappa shape index (κ1) is 11.8. The minimum atomic E-state index is 0. The molecule has 9 heavy (non-hydrogen) atoms. The molecule has 0 aliphatic carbocycles. The summed E-state index contributed by atoms with van der Waals surface area (Å²) in [6, 6.07) is 0. The highest BCUT2D eigenvalue weighted by molar-refractivity contribution is 6.17. The van der Waals surface area contributed by atoms with E-state index in [1.54, 1.807) is 0 Å². The number of alkyl halides is 1. The zero-order chi connectivity index (χ0) is 6.41. The van der Waals surface area contributed by atoms with Crippen LogP contribution in [0.15, 0.2) is 0 Å². The maximum absolute atomic E-state index is 6.81. The molecule has 0 saturated heterocycles. The van der Waals surface area contributed by atoms with Crippen molar-refractivity contribution in [3.05, 3.63) is 0 Å². The standard InChI is InChI=1S/C5H11ClN2.ClH/c6-4-2-1-3-5(7)8;/h1-4H2,(H3,7,8);1H. The molecular weight excluding hydrogens is 159 g/mol. The van der Waals surface area contributed by atoms with E-state index >= 15 is 0 Å². The highest BCUT2D eigenvalue weighted by Gasteiger charge is 1.87. The zero-order valence-corrected chi connectivity index (χ0v) is 6.76. The van der Waals surface area contributed by atoms with Crippen molar-refractivity contribution in [2.45, 2.75) is 19.3 Å². The van der Waals surface area contributed by atoms with Gasteiger partial charge in [-0.15, -0.1) is 24.0 Å². The molecule has 0 bridgehead atoms. The lowest BCUT2D eigenvalue weighted by Crippen LogP contribution is -2.08. The van der Waals surface area contributed by atoms with Crippen molar-refractivity contribution in [1.82, 2.24) is 0 Å². The summed E-state index contributed by atoms with van der Waals surface area (Å²) in [6.07, 6.45) is 2.59. The minimum absolute atomic E-state index is 0. The topological polar surface area (TPSA) is 49.9 Å². The summed E-state index contributed by atoms with van der Waals surface area (Å²) in [4.78, 5) is 0. The van der Waals surface area contributed by atoms with E-state index in [4.69, 9.17) is 22.7 Å². The summed E-state index contributed by atoms with van der Waals surface area (Å²) in [5.41, 5.74) is 5.07. The summed E-state index contributed by atoms with van der Waals surface area (Å²) in [6.45, 7) is 0. The molecule has 56 valence electrons. The number of halogens is 2. The molecule has 0 unspecified atom stereocenters. The molecule has 0 aromatic heterocycles. The van der Waals surface area contributed by atoms with Crippen LogP contribution >= 0.6 is 24.0 Å². The molecule has 0 amide bonds. The van der Waals surface area contributed by atoms with Crippen molar-refractivity contribution in [2.75, 3.05) is 5.88 Å². The van der Waals surface area contributed by atoms with Gasteiger partial charge in [-0.25, -0.2) is 0 Å². The Morgan fingerprint density at radius 1 is 1.44 bits per heavy atom. The number of amidine groups is 1. The number of nitrogens with one attached hydrogen (secondary N) is 1. The van der Waals surface area contributed by atoms with Crippen molar-refractivity contribution >= 4 is 29.8 Å². The molecule has 0 saturated carbocycles. The van der Waals surface area contributed by atoms with Crippen LogP contribution in [-0.2, 0) is 0 Å². The van der Waals surface area contributed by atoms with Gasteiger partial charge in [0.25, 0.3) is 0 Å².